The van der Waals surface area contributed by atoms with Crippen LogP contribution in [-0.4, -0.2) is 0 Å². The van der Waals surface area contributed by atoms with Gasteiger partial charge in [-0.2, -0.15) is 0 Å². The summed E-state index contributed by atoms with van der Waals surface area (Å²) in [6.45, 7) is 0. The van der Waals surface area contributed by atoms with Crippen LogP contribution >= 0.6 is 0 Å². The molecule has 0 amide bonds. The van der Waals surface area contributed by atoms with Crippen molar-refractivity contribution in [3.8, 4) is 44.5 Å². The Labute approximate surface area is 282 Å². The molecule has 1 aliphatic rings. The van der Waals surface area contributed by atoms with E-state index < -0.39 is 0 Å². The SMILES string of the molecule is C1=C(c2ccc(-c3ccc4c(-c5ccc(-c6ccccc6)cc5)c5ccccc5c(-c5ccccc5)c4c3)cc2)CCc2ccccc21. The summed E-state index contributed by atoms with van der Waals surface area (Å²) in [4.78, 5) is 0. The van der Waals surface area contributed by atoms with Crippen molar-refractivity contribution >= 4 is 33.2 Å². The van der Waals surface area contributed by atoms with E-state index in [0.29, 0.717) is 0 Å². The summed E-state index contributed by atoms with van der Waals surface area (Å²) in [5, 5.41) is 5.09. The number of allylic oxidation sites excluding steroid dienone is 1. The number of benzene rings is 8. The topological polar surface area (TPSA) is 0 Å². The minimum Gasteiger partial charge on any atom is -0.0622 e. The van der Waals surface area contributed by atoms with Gasteiger partial charge in [0.25, 0.3) is 0 Å². The van der Waals surface area contributed by atoms with Crippen molar-refractivity contribution in [1.82, 2.24) is 0 Å². The maximum atomic E-state index is 2.41. The fourth-order valence-electron chi connectivity index (χ4n) is 7.58. The van der Waals surface area contributed by atoms with Crippen molar-refractivity contribution in [3.05, 3.63) is 193 Å². The first kappa shape index (κ1) is 28.3. The van der Waals surface area contributed by atoms with Gasteiger partial charge in [-0.1, -0.05) is 176 Å². The molecule has 226 valence electrons. The van der Waals surface area contributed by atoms with Crippen LogP contribution in [0.4, 0.5) is 0 Å². The molecule has 0 aromatic heterocycles. The predicted molar refractivity (Wildman–Crippen MR) is 206 cm³/mol. The molecule has 0 heterocycles. The Hall–Kier alpha value is -5.98. The van der Waals surface area contributed by atoms with Crippen LogP contribution in [0, 0.1) is 0 Å². The quantitative estimate of drug-likeness (QED) is 0.170. The van der Waals surface area contributed by atoms with Crippen LogP contribution in [0.5, 0.6) is 0 Å². The summed E-state index contributed by atoms with van der Waals surface area (Å²) < 4.78 is 0. The average molecular weight is 611 g/mol. The van der Waals surface area contributed by atoms with Gasteiger partial charge in [-0.3, -0.25) is 0 Å². The monoisotopic (exact) mass is 610 g/mol. The second kappa shape index (κ2) is 12.0. The maximum Gasteiger partial charge on any atom is -0.00262 e. The molecule has 0 nitrogen and oxygen atoms in total. The van der Waals surface area contributed by atoms with Gasteiger partial charge in [0.05, 0.1) is 0 Å². The highest BCUT2D eigenvalue weighted by atomic mass is 14.2. The fraction of sp³-hybridized carbons (Fsp3) is 0.0417. The fourth-order valence-corrected chi connectivity index (χ4v) is 7.58. The molecule has 0 heteroatoms. The molecule has 0 bridgehead atoms. The summed E-state index contributed by atoms with van der Waals surface area (Å²) in [5.74, 6) is 0. The molecule has 48 heavy (non-hydrogen) atoms. The summed E-state index contributed by atoms with van der Waals surface area (Å²) in [7, 11) is 0. The minimum atomic E-state index is 1.08. The number of rotatable bonds is 5. The summed E-state index contributed by atoms with van der Waals surface area (Å²) in [6.07, 6.45) is 4.55. The van der Waals surface area contributed by atoms with E-state index in [1.807, 2.05) is 0 Å². The second-order valence-corrected chi connectivity index (χ2v) is 12.8. The van der Waals surface area contributed by atoms with E-state index in [2.05, 4.69) is 182 Å². The van der Waals surface area contributed by atoms with Crippen LogP contribution in [0.25, 0.3) is 77.7 Å². The number of fused-ring (bicyclic) bond motifs is 3. The van der Waals surface area contributed by atoms with E-state index in [0.717, 1.165) is 12.8 Å². The van der Waals surface area contributed by atoms with Gasteiger partial charge in [0.1, 0.15) is 0 Å². The molecule has 0 unspecified atom stereocenters. The number of hydrogen-bond acceptors (Lipinski definition) is 0. The highest BCUT2D eigenvalue weighted by Crippen LogP contribution is 2.45. The molecule has 0 atom stereocenters. The Morgan fingerprint density at radius 2 is 0.750 bits per heavy atom. The molecule has 0 saturated carbocycles. The molecule has 8 aromatic carbocycles. The molecule has 0 saturated heterocycles. The number of aryl methyl sites for hydroxylation is 1. The first-order chi connectivity index (χ1) is 23.8. The van der Waals surface area contributed by atoms with E-state index in [4.69, 9.17) is 0 Å². The third-order valence-electron chi connectivity index (χ3n) is 10.0. The van der Waals surface area contributed by atoms with Gasteiger partial charge in [-0.15, -0.1) is 0 Å². The van der Waals surface area contributed by atoms with Crippen molar-refractivity contribution < 1.29 is 0 Å². The van der Waals surface area contributed by atoms with Gasteiger partial charge in [0.15, 0.2) is 0 Å². The average Bonchev–Trinajstić information content (AvgIpc) is 3.17. The molecular weight excluding hydrogens is 577 g/mol. The van der Waals surface area contributed by atoms with E-state index in [9.17, 15) is 0 Å². The summed E-state index contributed by atoms with van der Waals surface area (Å²) in [5.41, 5.74) is 15.5. The summed E-state index contributed by atoms with van der Waals surface area (Å²) in [6, 6.07) is 64.5. The van der Waals surface area contributed by atoms with Crippen LogP contribution in [0.15, 0.2) is 176 Å². The summed E-state index contributed by atoms with van der Waals surface area (Å²) >= 11 is 0. The van der Waals surface area contributed by atoms with E-state index in [1.165, 1.54) is 88.3 Å². The lowest BCUT2D eigenvalue weighted by Gasteiger charge is -2.19. The first-order valence-electron chi connectivity index (χ1n) is 16.9. The highest BCUT2D eigenvalue weighted by Gasteiger charge is 2.18. The Morgan fingerprint density at radius 1 is 0.292 bits per heavy atom. The van der Waals surface area contributed by atoms with Gasteiger partial charge in [0.2, 0.25) is 0 Å². The first-order valence-corrected chi connectivity index (χ1v) is 16.9. The molecule has 0 radical (unpaired) electrons. The van der Waals surface area contributed by atoms with Crippen molar-refractivity contribution in [2.75, 3.05) is 0 Å². The van der Waals surface area contributed by atoms with Gasteiger partial charge in [0, 0.05) is 0 Å². The molecule has 0 aliphatic heterocycles. The lowest BCUT2D eigenvalue weighted by Crippen LogP contribution is -1.98. The Morgan fingerprint density at radius 3 is 1.46 bits per heavy atom. The zero-order chi connectivity index (χ0) is 31.9. The smallest absolute Gasteiger partial charge is 0.00262 e. The van der Waals surface area contributed by atoms with Crippen molar-refractivity contribution in [1.29, 1.82) is 0 Å². The Balaban J connectivity index is 1.20. The standard InChI is InChI=1S/C48H34/c1-3-11-33(12-4-1)35-23-26-39(27-24-35)47-43-17-9-10-18-44(43)48(38-14-5-2-6-15-38)46-32-42(29-30-45(46)47)37-21-19-36(20-22-37)41-28-25-34-13-7-8-16-40(34)31-41/h1-24,26-27,29-32H,25,28H2. The van der Waals surface area contributed by atoms with Crippen LogP contribution in [0.1, 0.15) is 23.1 Å². The predicted octanol–water partition coefficient (Wildman–Crippen LogP) is 13.1. The van der Waals surface area contributed by atoms with Crippen LogP contribution in [0.2, 0.25) is 0 Å². The van der Waals surface area contributed by atoms with Crippen LogP contribution in [0.3, 0.4) is 0 Å². The maximum absolute atomic E-state index is 2.41. The minimum absolute atomic E-state index is 1.08. The number of hydrogen-bond donors (Lipinski definition) is 0. The van der Waals surface area contributed by atoms with Crippen molar-refractivity contribution in [2.24, 2.45) is 0 Å². The molecule has 1 aliphatic carbocycles. The van der Waals surface area contributed by atoms with Gasteiger partial charge >= 0.3 is 0 Å². The van der Waals surface area contributed by atoms with E-state index in [1.54, 1.807) is 0 Å². The van der Waals surface area contributed by atoms with Crippen LogP contribution < -0.4 is 0 Å². The lowest BCUT2D eigenvalue weighted by atomic mass is 9.84. The zero-order valence-corrected chi connectivity index (χ0v) is 26.7. The Bertz CT molecular complexity index is 2450. The molecular formula is C48H34. The molecule has 9 rings (SSSR count). The molecule has 8 aromatic rings. The second-order valence-electron chi connectivity index (χ2n) is 12.8. The third kappa shape index (κ3) is 5.03. The van der Waals surface area contributed by atoms with Crippen LogP contribution in [-0.2, 0) is 6.42 Å². The molecule has 0 spiro atoms. The van der Waals surface area contributed by atoms with Gasteiger partial charge in [-0.05, 0) is 107 Å². The highest BCUT2D eigenvalue weighted by molar-refractivity contribution is 6.22. The third-order valence-corrected chi connectivity index (χ3v) is 10.0. The van der Waals surface area contributed by atoms with Crippen molar-refractivity contribution in [2.45, 2.75) is 12.8 Å². The van der Waals surface area contributed by atoms with Crippen molar-refractivity contribution in [3.63, 3.8) is 0 Å². The Kier molecular flexibility index (Phi) is 7.06. The van der Waals surface area contributed by atoms with Gasteiger partial charge in [-0.25, -0.2) is 0 Å². The zero-order valence-electron chi connectivity index (χ0n) is 26.7. The molecule has 0 N–H and O–H groups in total. The van der Waals surface area contributed by atoms with Gasteiger partial charge < -0.3 is 0 Å². The largest absolute Gasteiger partial charge is 0.0622 e. The normalized spacial score (nSPS) is 12.5. The van der Waals surface area contributed by atoms with E-state index >= 15 is 0 Å². The molecule has 0 fully saturated rings. The van der Waals surface area contributed by atoms with E-state index in [-0.39, 0.29) is 0 Å². The lowest BCUT2D eigenvalue weighted by molar-refractivity contribution is 1.00.